The average molecular weight is 245 g/mol. The fourth-order valence-corrected chi connectivity index (χ4v) is 1.79. The number of aliphatic carboxylic acids is 1. The van der Waals surface area contributed by atoms with Gasteiger partial charge in [0.05, 0.1) is 11.5 Å². The highest BCUT2D eigenvalue weighted by Gasteiger charge is 2.50. The lowest BCUT2D eigenvalue weighted by Crippen LogP contribution is -2.54. The Bertz CT molecular complexity index is 314. The molecule has 6 heteroatoms. The van der Waals surface area contributed by atoms with Gasteiger partial charge < -0.3 is 20.3 Å². The molecule has 6 nitrogen and oxygen atoms in total. The van der Waals surface area contributed by atoms with Crippen molar-refractivity contribution in [1.82, 2.24) is 5.32 Å². The minimum absolute atomic E-state index is 0.0195. The molecule has 0 saturated heterocycles. The van der Waals surface area contributed by atoms with Crippen LogP contribution in [0.3, 0.4) is 0 Å². The number of hydrogen-bond acceptors (Lipinski definition) is 4. The summed E-state index contributed by atoms with van der Waals surface area (Å²) >= 11 is 0. The minimum Gasteiger partial charge on any atom is -0.481 e. The molecule has 1 rings (SSSR count). The van der Waals surface area contributed by atoms with Crippen LogP contribution < -0.4 is 5.32 Å². The van der Waals surface area contributed by atoms with Crippen LogP contribution in [-0.4, -0.2) is 40.5 Å². The molecule has 3 N–H and O–H groups in total. The summed E-state index contributed by atoms with van der Waals surface area (Å²) in [4.78, 5) is 22.4. The number of carboxylic acids is 1. The molecule has 0 bridgehead atoms. The van der Waals surface area contributed by atoms with Gasteiger partial charge in [-0.1, -0.05) is 0 Å². The Morgan fingerprint density at radius 2 is 1.94 bits per heavy atom. The van der Waals surface area contributed by atoms with Gasteiger partial charge in [-0.3, -0.25) is 4.79 Å². The lowest BCUT2D eigenvalue weighted by Gasteiger charge is -2.41. The topological polar surface area (TPSA) is 95.9 Å². The van der Waals surface area contributed by atoms with E-state index in [2.05, 4.69) is 5.32 Å². The molecule has 0 aromatic carbocycles. The predicted octanol–water partition coefficient (Wildman–Crippen LogP) is 0.737. The van der Waals surface area contributed by atoms with Crippen LogP contribution >= 0.6 is 0 Å². The average Bonchev–Trinajstić information content (AvgIpc) is 2.06. The third-order valence-corrected chi connectivity index (χ3v) is 2.68. The SMILES string of the molecule is CC(C)(C)OC(=O)NCC1(C(=O)O)CC(O)C1. The maximum Gasteiger partial charge on any atom is 0.407 e. The van der Waals surface area contributed by atoms with Gasteiger partial charge in [0.2, 0.25) is 0 Å². The quantitative estimate of drug-likeness (QED) is 0.681. The second-order valence-electron chi connectivity index (χ2n) is 5.50. The van der Waals surface area contributed by atoms with E-state index in [9.17, 15) is 14.7 Å². The third kappa shape index (κ3) is 3.59. The maximum absolute atomic E-state index is 11.4. The second-order valence-corrected chi connectivity index (χ2v) is 5.50. The first kappa shape index (κ1) is 13.8. The minimum atomic E-state index is -1.05. The Hall–Kier alpha value is -1.30. The maximum atomic E-state index is 11.4. The summed E-state index contributed by atoms with van der Waals surface area (Å²) in [6.07, 6.45) is -0.901. The van der Waals surface area contributed by atoms with Gasteiger partial charge in [-0.2, -0.15) is 0 Å². The molecule has 0 aliphatic heterocycles. The second kappa shape index (κ2) is 4.52. The Balaban J connectivity index is 2.44. The Morgan fingerprint density at radius 1 is 1.41 bits per heavy atom. The molecule has 1 amide bonds. The van der Waals surface area contributed by atoms with Gasteiger partial charge >= 0.3 is 12.1 Å². The number of rotatable bonds is 3. The van der Waals surface area contributed by atoms with E-state index in [0.717, 1.165) is 0 Å². The fraction of sp³-hybridized carbons (Fsp3) is 0.818. The van der Waals surface area contributed by atoms with Crippen LogP contribution in [0.25, 0.3) is 0 Å². The molecular weight excluding hydrogens is 226 g/mol. The normalized spacial score (nSPS) is 28.1. The molecule has 17 heavy (non-hydrogen) atoms. The van der Waals surface area contributed by atoms with E-state index in [1.165, 1.54) is 0 Å². The zero-order valence-corrected chi connectivity index (χ0v) is 10.3. The summed E-state index contributed by atoms with van der Waals surface area (Å²) in [7, 11) is 0. The molecule has 1 fully saturated rings. The van der Waals surface area contributed by atoms with Gasteiger partial charge in [0.1, 0.15) is 5.60 Å². The summed E-state index contributed by atoms with van der Waals surface area (Å²) in [5, 5.41) is 20.7. The van der Waals surface area contributed by atoms with Gasteiger partial charge in [-0.15, -0.1) is 0 Å². The van der Waals surface area contributed by atoms with Crippen LogP contribution in [0.4, 0.5) is 4.79 Å². The largest absolute Gasteiger partial charge is 0.481 e. The van der Waals surface area contributed by atoms with Crippen molar-refractivity contribution in [3.63, 3.8) is 0 Å². The number of ether oxygens (including phenoxy) is 1. The number of carbonyl (C=O) groups is 2. The van der Waals surface area contributed by atoms with Crippen LogP contribution in [-0.2, 0) is 9.53 Å². The summed E-state index contributed by atoms with van der Waals surface area (Å²) in [6.45, 7) is 5.17. The summed E-state index contributed by atoms with van der Waals surface area (Å²) < 4.78 is 5.00. The molecule has 0 aromatic rings. The molecule has 0 spiro atoms. The van der Waals surface area contributed by atoms with Crippen molar-refractivity contribution in [2.75, 3.05) is 6.54 Å². The Morgan fingerprint density at radius 3 is 2.29 bits per heavy atom. The molecule has 1 aliphatic carbocycles. The highest BCUT2D eigenvalue weighted by molar-refractivity contribution is 5.77. The number of hydrogen-bond donors (Lipinski definition) is 3. The van der Waals surface area contributed by atoms with E-state index in [-0.39, 0.29) is 19.4 Å². The van der Waals surface area contributed by atoms with Crippen LogP contribution in [0.15, 0.2) is 0 Å². The van der Waals surface area contributed by atoms with E-state index < -0.39 is 29.2 Å². The highest BCUT2D eigenvalue weighted by Crippen LogP contribution is 2.40. The first-order valence-electron chi connectivity index (χ1n) is 5.53. The first-order valence-corrected chi connectivity index (χ1v) is 5.53. The lowest BCUT2D eigenvalue weighted by molar-refractivity contribution is -0.162. The van der Waals surface area contributed by atoms with E-state index in [4.69, 9.17) is 9.84 Å². The molecule has 0 radical (unpaired) electrons. The summed E-state index contributed by atoms with van der Waals surface area (Å²) in [5.41, 5.74) is -1.66. The van der Waals surface area contributed by atoms with Crippen molar-refractivity contribution in [3.05, 3.63) is 0 Å². The monoisotopic (exact) mass is 245 g/mol. The molecule has 1 aliphatic rings. The van der Waals surface area contributed by atoms with Gasteiger partial charge in [0.15, 0.2) is 0 Å². The van der Waals surface area contributed by atoms with Gasteiger partial charge in [-0.05, 0) is 33.6 Å². The number of carbonyl (C=O) groups excluding carboxylic acids is 1. The molecule has 0 aromatic heterocycles. The predicted molar refractivity (Wildman–Crippen MR) is 59.5 cm³/mol. The van der Waals surface area contributed by atoms with Crippen molar-refractivity contribution in [3.8, 4) is 0 Å². The van der Waals surface area contributed by atoms with Crippen molar-refractivity contribution in [2.45, 2.75) is 45.3 Å². The number of carboxylic acid groups (broad SMARTS) is 1. The van der Waals surface area contributed by atoms with E-state index >= 15 is 0 Å². The van der Waals surface area contributed by atoms with Crippen molar-refractivity contribution in [2.24, 2.45) is 5.41 Å². The zero-order valence-electron chi connectivity index (χ0n) is 10.3. The number of amides is 1. The molecule has 0 unspecified atom stereocenters. The Kier molecular flexibility index (Phi) is 3.66. The molecular formula is C11H19NO5. The molecule has 0 heterocycles. The summed E-state index contributed by atoms with van der Waals surface area (Å²) in [6, 6.07) is 0. The number of nitrogens with one attached hydrogen (secondary N) is 1. The lowest BCUT2D eigenvalue weighted by atomic mass is 9.67. The van der Waals surface area contributed by atoms with E-state index in [1.807, 2.05) is 0 Å². The zero-order chi connectivity index (χ0) is 13.3. The van der Waals surface area contributed by atoms with Crippen LogP contribution in [0.1, 0.15) is 33.6 Å². The Labute approximate surface area is 100.0 Å². The summed E-state index contributed by atoms with van der Waals surface area (Å²) in [5.74, 6) is -1.00. The van der Waals surface area contributed by atoms with Crippen molar-refractivity contribution >= 4 is 12.1 Å². The number of aliphatic hydroxyl groups is 1. The molecule has 1 saturated carbocycles. The van der Waals surface area contributed by atoms with Crippen molar-refractivity contribution < 1.29 is 24.5 Å². The standard InChI is InChI=1S/C11H19NO5/c1-10(2,3)17-9(16)12-6-11(8(14)15)4-7(13)5-11/h7,13H,4-6H2,1-3H3,(H,12,16)(H,14,15). The van der Waals surface area contributed by atoms with Crippen LogP contribution in [0.5, 0.6) is 0 Å². The fourth-order valence-electron chi connectivity index (χ4n) is 1.79. The van der Waals surface area contributed by atoms with Gasteiger partial charge in [-0.25, -0.2) is 4.79 Å². The number of alkyl carbamates (subject to hydrolysis) is 1. The number of aliphatic hydroxyl groups excluding tert-OH is 1. The van der Waals surface area contributed by atoms with E-state index in [1.54, 1.807) is 20.8 Å². The van der Waals surface area contributed by atoms with E-state index in [0.29, 0.717) is 0 Å². The van der Waals surface area contributed by atoms with Crippen LogP contribution in [0.2, 0.25) is 0 Å². The van der Waals surface area contributed by atoms with Gasteiger partial charge in [0.25, 0.3) is 0 Å². The van der Waals surface area contributed by atoms with Crippen LogP contribution in [0, 0.1) is 5.41 Å². The molecule has 98 valence electrons. The smallest absolute Gasteiger partial charge is 0.407 e. The highest BCUT2D eigenvalue weighted by atomic mass is 16.6. The van der Waals surface area contributed by atoms with Gasteiger partial charge in [0, 0.05) is 6.54 Å². The third-order valence-electron chi connectivity index (χ3n) is 2.68. The molecule has 0 atom stereocenters. The van der Waals surface area contributed by atoms with Crippen molar-refractivity contribution in [1.29, 1.82) is 0 Å². The first-order chi connectivity index (χ1) is 7.65.